The Hall–Kier alpha value is -3.66. The lowest BCUT2D eigenvalue weighted by Gasteiger charge is -2.24. The van der Waals surface area contributed by atoms with Gasteiger partial charge in [0.05, 0.1) is 11.1 Å². The Bertz CT molecular complexity index is 1680. The molecule has 11 heteroatoms. The quantitative estimate of drug-likeness (QED) is 0.266. The Morgan fingerprint density at radius 3 is 2.59 bits per heavy atom. The second kappa shape index (κ2) is 9.22. The Morgan fingerprint density at radius 1 is 1.13 bits per heavy atom. The largest absolute Gasteiger partial charge is 0.339 e. The van der Waals surface area contributed by atoms with E-state index in [9.17, 15) is 18.0 Å². The molecule has 2 aromatic carbocycles. The summed E-state index contributed by atoms with van der Waals surface area (Å²) in [7, 11) is -1.26. The molecule has 2 amide bonds. The zero-order chi connectivity index (χ0) is 27.5. The first-order valence-corrected chi connectivity index (χ1v) is 14.7. The molecule has 1 aliphatic heterocycles. The smallest absolute Gasteiger partial charge is 0.303 e. The van der Waals surface area contributed by atoms with Gasteiger partial charge in [0, 0.05) is 53.5 Å². The number of azide groups is 1. The van der Waals surface area contributed by atoms with Gasteiger partial charge in [-0.2, -0.15) is 12.7 Å². The number of rotatable bonds is 5. The van der Waals surface area contributed by atoms with E-state index in [0.29, 0.717) is 18.9 Å². The Kier molecular flexibility index (Phi) is 6.05. The van der Waals surface area contributed by atoms with Crippen LogP contribution in [-0.4, -0.2) is 43.2 Å². The molecule has 2 aliphatic carbocycles. The molecule has 2 fully saturated rings. The first-order valence-electron chi connectivity index (χ1n) is 13.3. The third-order valence-electron chi connectivity index (χ3n) is 8.75. The molecule has 2 saturated carbocycles. The van der Waals surface area contributed by atoms with Crippen LogP contribution in [0.2, 0.25) is 0 Å². The van der Waals surface area contributed by atoms with Gasteiger partial charge in [0.2, 0.25) is 5.91 Å². The molecule has 2 heterocycles. The molecule has 0 spiro atoms. The van der Waals surface area contributed by atoms with Gasteiger partial charge >= 0.3 is 10.2 Å². The number of fused-ring (bicyclic) bond motifs is 7. The van der Waals surface area contributed by atoms with E-state index in [1.165, 1.54) is 26.1 Å². The zero-order valence-electron chi connectivity index (χ0n) is 21.9. The van der Waals surface area contributed by atoms with Crippen LogP contribution in [0.3, 0.4) is 0 Å². The lowest BCUT2D eigenvalue weighted by atomic mass is 9.81. The molecule has 39 heavy (non-hydrogen) atoms. The lowest BCUT2D eigenvalue weighted by molar-refractivity contribution is -0.123. The van der Waals surface area contributed by atoms with Gasteiger partial charge in [-0.3, -0.25) is 9.59 Å². The summed E-state index contributed by atoms with van der Waals surface area (Å²) in [5.74, 6) is -0.918. The van der Waals surface area contributed by atoms with Gasteiger partial charge in [0.25, 0.3) is 5.91 Å². The van der Waals surface area contributed by atoms with Gasteiger partial charge < -0.3 is 4.57 Å². The van der Waals surface area contributed by atoms with Crippen molar-refractivity contribution in [1.82, 2.24) is 13.6 Å². The minimum atomic E-state index is -3.97. The van der Waals surface area contributed by atoms with E-state index in [4.69, 9.17) is 5.53 Å². The maximum atomic E-state index is 13.2. The highest BCUT2D eigenvalue weighted by atomic mass is 32.2. The van der Waals surface area contributed by atoms with E-state index < -0.39 is 27.4 Å². The Balaban J connectivity index is 1.60. The number of carbonyl (C=O) groups excluding carboxylic acids is 2. The molecule has 2 atom stereocenters. The van der Waals surface area contributed by atoms with Crippen molar-refractivity contribution >= 4 is 32.9 Å². The summed E-state index contributed by atoms with van der Waals surface area (Å²) in [5, 5.41) is 4.53. The highest BCUT2D eigenvalue weighted by Gasteiger charge is 2.62. The monoisotopic (exact) mass is 546 g/mol. The number of nitrogens with one attached hydrogen (secondary N) is 1. The molecule has 3 aliphatic rings. The van der Waals surface area contributed by atoms with Crippen molar-refractivity contribution in [3.05, 3.63) is 69.6 Å². The van der Waals surface area contributed by atoms with E-state index in [0.717, 1.165) is 57.7 Å². The summed E-state index contributed by atoms with van der Waals surface area (Å²) >= 11 is 0. The summed E-state index contributed by atoms with van der Waals surface area (Å²) < 4.78 is 29.9. The fourth-order valence-corrected chi connectivity index (χ4v) is 7.21. The summed E-state index contributed by atoms with van der Waals surface area (Å²) in [6.45, 7) is 0.323. The van der Waals surface area contributed by atoms with Crippen LogP contribution in [0.25, 0.3) is 32.6 Å². The number of carbonyl (C=O) groups is 2. The van der Waals surface area contributed by atoms with Crippen LogP contribution in [0.5, 0.6) is 0 Å². The summed E-state index contributed by atoms with van der Waals surface area (Å²) in [6.07, 6.45) is 6.19. The van der Waals surface area contributed by atoms with Crippen molar-refractivity contribution in [3.63, 3.8) is 0 Å². The average molecular weight is 547 g/mol. The number of hydrogen-bond donors (Lipinski definition) is 1. The molecule has 6 rings (SSSR count). The fourth-order valence-electron chi connectivity index (χ4n) is 6.67. The van der Waals surface area contributed by atoms with Crippen LogP contribution >= 0.6 is 0 Å². The topological polar surface area (TPSA) is 137 Å². The van der Waals surface area contributed by atoms with Crippen LogP contribution in [-0.2, 0) is 21.5 Å². The normalized spacial score (nSPS) is 22.3. The SMILES string of the molecule is CN(C)S(=O)(=O)NC(=O)c1ccc2c(C3CCCCC3)c3n(c2c1)CC1(C(=O)N=[N+]=[N-])CC1c1ccccc1-3. The molecule has 0 saturated heterocycles. The number of amides is 2. The van der Waals surface area contributed by atoms with Crippen molar-refractivity contribution in [1.29, 1.82) is 0 Å². The third-order valence-corrected chi connectivity index (χ3v) is 10.2. The van der Waals surface area contributed by atoms with Crippen LogP contribution < -0.4 is 4.72 Å². The van der Waals surface area contributed by atoms with E-state index in [1.54, 1.807) is 12.1 Å². The molecular weight excluding hydrogens is 516 g/mol. The summed E-state index contributed by atoms with van der Waals surface area (Å²) in [5.41, 5.74) is 13.6. The van der Waals surface area contributed by atoms with Crippen LogP contribution in [0, 0.1) is 5.41 Å². The van der Waals surface area contributed by atoms with E-state index in [-0.39, 0.29) is 11.5 Å². The second-order valence-electron chi connectivity index (χ2n) is 11.1. The van der Waals surface area contributed by atoms with Crippen molar-refractivity contribution in [3.8, 4) is 11.3 Å². The molecule has 0 bridgehead atoms. The molecule has 202 valence electrons. The summed E-state index contributed by atoms with van der Waals surface area (Å²) in [4.78, 5) is 29.1. The number of aromatic nitrogens is 1. The van der Waals surface area contributed by atoms with Crippen LogP contribution in [0.4, 0.5) is 0 Å². The van der Waals surface area contributed by atoms with Crippen molar-refractivity contribution in [2.45, 2.75) is 56.9 Å². The summed E-state index contributed by atoms with van der Waals surface area (Å²) in [6, 6.07) is 13.4. The maximum absolute atomic E-state index is 13.2. The predicted molar refractivity (Wildman–Crippen MR) is 147 cm³/mol. The number of nitrogens with zero attached hydrogens (tertiary/aromatic N) is 5. The first kappa shape index (κ1) is 25.6. The van der Waals surface area contributed by atoms with Crippen LogP contribution in [0.15, 0.2) is 47.6 Å². The maximum Gasteiger partial charge on any atom is 0.303 e. The fraction of sp³-hybridized carbons (Fsp3) is 0.429. The third kappa shape index (κ3) is 4.04. The van der Waals surface area contributed by atoms with Crippen molar-refractivity contribution < 1.29 is 18.0 Å². The van der Waals surface area contributed by atoms with Gasteiger partial charge in [0.15, 0.2) is 0 Å². The molecule has 1 aromatic heterocycles. The van der Waals surface area contributed by atoms with Crippen LogP contribution in [0.1, 0.15) is 71.8 Å². The van der Waals surface area contributed by atoms with Crippen molar-refractivity contribution in [2.24, 2.45) is 10.5 Å². The Morgan fingerprint density at radius 2 is 1.87 bits per heavy atom. The lowest BCUT2D eigenvalue weighted by Crippen LogP contribution is -2.39. The van der Waals surface area contributed by atoms with E-state index in [2.05, 4.69) is 31.4 Å². The predicted octanol–water partition coefficient (Wildman–Crippen LogP) is 5.22. The molecule has 3 aromatic rings. The standard InChI is InChI=1S/C28H30N6O4S/c1-33(2)39(37,38)31-26(35)18-12-13-21-23(14-18)34-16-28(27(36)30-32-29)15-22(28)19-10-6-7-11-20(19)25(34)24(21)17-8-4-3-5-9-17/h6-7,10-14,17,22H,3-5,8-9,15-16H2,1-2H3,(H,31,35). The first-order chi connectivity index (χ1) is 18.7. The van der Waals surface area contributed by atoms with E-state index >= 15 is 0 Å². The molecule has 0 radical (unpaired) electrons. The zero-order valence-corrected chi connectivity index (χ0v) is 22.7. The molecule has 2 unspecified atom stereocenters. The molecular formula is C28H30N6O4S. The highest BCUT2D eigenvalue weighted by molar-refractivity contribution is 7.87. The van der Waals surface area contributed by atoms with E-state index in [1.807, 2.05) is 18.2 Å². The molecule has 1 N–H and O–H groups in total. The highest BCUT2D eigenvalue weighted by Crippen LogP contribution is 2.65. The second-order valence-corrected chi connectivity index (χ2v) is 13.0. The average Bonchev–Trinajstić information content (AvgIpc) is 3.59. The number of hydrogen-bond acceptors (Lipinski definition) is 4. The van der Waals surface area contributed by atoms with Gasteiger partial charge in [-0.05, 0) is 59.1 Å². The van der Waals surface area contributed by atoms with Gasteiger partial charge in [-0.15, -0.1) is 0 Å². The minimum Gasteiger partial charge on any atom is -0.339 e. The van der Waals surface area contributed by atoms with Gasteiger partial charge in [-0.25, -0.2) is 4.72 Å². The Labute approximate surface area is 226 Å². The van der Waals surface area contributed by atoms with Gasteiger partial charge in [0.1, 0.15) is 0 Å². The van der Waals surface area contributed by atoms with Gasteiger partial charge in [-0.1, -0.05) is 49.6 Å². The number of benzene rings is 2. The van der Waals surface area contributed by atoms with Crippen molar-refractivity contribution in [2.75, 3.05) is 14.1 Å². The minimum absolute atomic E-state index is 0.0578. The molecule has 10 nitrogen and oxygen atoms in total.